The topological polar surface area (TPSA) is 74.6 Å². The van der Waals surface area contributed by atoms with Gasteiger partial charge in [-0.15, -0.1) is 0 Å². The molecule has 4 nitrogen and oxygen atoms in total. The number of hydrogen-bond acceptors (Lipinski definition) is 2. The number of carboxylic acids is 2. The molecule has 0 aromatic carbocycles. The minimum atomic E-state index is -1.13. The molecular formula is C8H10O4. The van der Waals surface area contributed by atoms with Gasteiger partial charge in [-0.05, 0) is 19.9 Å². The van der Waals surface area contributed by atoms with Crippen LogP contribution >= 0.6 is 0 Å². The maximum absolute atomic E-state index is 10.4. The van der Waals surface area contributed by atoms with E-state index in [-0.39, 0.29) is 11.1 Å². The van der Waals surface area contributed by atoms with E-state index in [4.69, 9.17) is 10.2 Å². The molecule has 0 fully saturated rings. The van der Waals surface area contributed by atoms with Crippen molar-refractivity contribution in [3.63, 3.8) is 0 Å². The maximum Gasteiger partial charge on any atom is 0.335 e. The van der Waals surface area contributed by atoms with Crippen molar-refractivity contribution >= 4 is 11.9 Å². The zero-order chi connectivity index (χ0) is 9.72. The summed E-state index contributed by atoms with van der Waals surface area (Å²) in [6.45, 7) is 2.88. The molecule has 0 bridgehead atoms. The lowest BCUT2D eigenvalue weighted by Crippen LogP contribution is -2.02. The van der Waals surface area contributed by atoms with Crippen LogP contribution in [-0.4, -0.2) is 22.2 Å². The number of aliphatic carboxylic acids is 2. The van der Waals surface area contributed by atoms with Gasteiger partial charge in [0.1, 0.15) is 0 Å². The number of hydrogen-bond donors (Lipinski definition) is 2. The monoisotopic (exact) mass is 170 g/mol. The first kappa shape index (κ1) is 10.4. The first-order chi connectivity index (χ1) is 5.49. The van der Waals surface area contributed by atoms with E-state index < -0.39 is 11.9 Å². The van der Waals surface area contributed by atoms with Crippen LogP contribution in [0.2, 0.25) is 0 Å². The van der Waals surface area contributed by atoms with E-state index in [1.807, 2.05) is 0 Å². The summed E-state index contributed by atoms with van der Waals surface area (Å²) in [6.07, 6.45) is 2.46. The molecule has 0 radical (unpaired) electrons. The Morgan fingerprint density at radius 1 is 1.17 bits per heavy atom. The summed E-state index contributed by atoms with van der Waals surface area (Å²) in [5, 5.41) is 16.9. The molecule has 0 aromatic rings. The fourth-order valence-corrected chi connectivity index (χ4v) is 0.564. The summed E-state index contributed by atoms with van der Waals surface area (Å²) in [6, 6.07) is 0. The second-order valence-electron chi connectivity index (χ2n) is 2.18. The van der Waals surface area contributed by atoms with E-state index in [0.717, 1.165) is 6.08 Å². The van der Waals surface area contributed by atoms with E-state index in [1.54, 1.807) is 0 Å². The van der Waals surface area contributed by atoms with Crippen LogP contribution in [0.3, 0.4) is 0 Å². The Labute approximate surface area is 69.8 Å². The molecule has 2 N–H and O–H groups in total. The van der Waals surface area contributed by atoms with Crippen molar-refractivity contribution in [3.8, 4) is 0 Å². The number of allylic oxidation sites excluding steroid dienone is 1. The molecule has 0 aliphatic heterocycles. The van der Waals surface area contributed by atoms with Crippen molar-refractivity contribution in [2.24, 2.45) is 0 Å². The lowest BCUT2D eigenvalue weighted by Gasteiger charge is -1.94. The van der Waals surface area contributed by atoms with Crippen molar-refractivity contribution in [3.05, 3.63) is 23.3 Å². The summed E-state index contributed by atoms with van der Waals surface area (Å²) in [4.78, 5) is 20.7. The van der Waals surface area contributed by atoms with Crippen LogP contribution in [-0.2, 0) is 9.59 Å². The predicted molar refractivity (Wildman–Crippen MR) is 42.8 cm³/mol. The lowest BCUT2D eigenvalue weighted by atomic mass is 10.1. The average molecular weight is 170 g/mol. The van der Waals surface area contributed by atoms with Gasteiger partial charge >= 0.3 is 11.9 Å². The normalized spacial score (nSPS) is 12.8. The highest BCUT2D eigenvalue weighted by molar-refractivity contribution is 5.94. The van der Waals surface area contributed by atoms with Gasteiger partial charge in [-0.3, -0.25) is 0 Å². The minimum Gasteiger partial charge on any atom is -0.478 e. The first-order valence-corrected chi connectivity index (χ1v) is 3.30. The van der Waals surface area contributed by atoms with E-state index >= 15 is 0 Å². The van der Waals surface area contributed by atoms with E-state index in [1.165, 1.54) is 19.9 Å². The average Bonchev–Trinajstić information content (AvgIpc) is 1.98. The van der Waals surface area contributed by atoms with Crippen LogP contribution in [0.25, 0.3) is 0 Å². The molecule has 66 valence electrons. The summed E-state index contributed by atoms with van der Waals surface area (Å²) < 4.78 is 0. The predicted octanol–water partition coefficient (Wildman–Crippen LogP) is 1.05. The third kappa shape index (κ3) is 3.01. The van der Waals surface area contributed by atoms with E-state index in [0.29, 0.717) is 0 Å². The van der Waals surface area contributed by atoms with Crippen molar-refractivity contribution in [1.82, 2.24) is 0 Å². The molecule has 4 heteroatoms. The second kappa shape index (κ2) is 4.33. The Bertz CT molecular complexity index is 260. The van der Waals surface area contributed by atoms with Gasteiger partial charge in [-0.25, -0.2) is 9.59 Å². The Morgan fingerprint density at radius 3 is 1.92 bits per heavy atom. The number of rotatable bonds is 3. The van der Waals surface area contributed by atoms with Crippen molar-refractivity contribution in [2.75, 3.05) is 0 Å². The molecule has 0 saturated heterocycles. The molecule has 0 atom stereocenters. The molecule has 0 heterocycles. The van der Waals surface area contributed by atoms with Crippen molar-refractivity contribution < 1.29 is 19.8 Å². The second-order valence-corrected chi connectivity index (χ2v) is 2.18. The van der Waals surface area contributed by atoms with Crippen molar-refractivity contribution in [1.29, 1.82) is 0 Å². The quantitative estimate of drug-likeness (QED) is 0.490. The molecule has 0 rings (SSSR count). The molecule has 0 unspecified atom stereocenters. The van der Waals surface area contributed by atoms with Crippen LogP contribution in [0.4, 0.5) is 0 Å². The molecule has 0 aliphatic carbocycles. The standard InChI is InChI=1S/C8H10O4/c1-3-6(8(11)12)4-5(2)7(9)10/h3-4H,1-2H3,(H,9,10)(H,11,12). The lowest BCUT2D eigenvalue weighted by molar-refractivity contribution is -0.132. The van der Waals surface area contributed by atoms with Gasteiger partial charge in [-0.2, -0.15) is 0 Å². The van der Waals surface area contributed by atoms with Gasteiger partial charge in [0, 0.05) is 5.57 Å². The van der Waals surface area contributed by atoms with Crippen molar-refractivity contribution in [2.45, 2.75) is 13.8 Å². The highest BCUT2D eigenvalue weighted by atomic mass is 16.4. The maximum atomic E-state index is 10.4. The smallest absolute Gasteiger partial charge is 0.335 e. The third-order valence-corrected chi connectivity index (χ3v) is 1.27. The Balaban J connectivity index is 4.72. The summed E-state index contributed by atoms with van der Waals surface area (Å²) in [7, 11) is 0. The highest BCUT2D eigenvalue weighted by Crippen LogP contribution is 2.02. The van der Waals surface area contributed by atoms with Crippen LogP contribution in [0.5, 0.6) is 0 Å². The van der Waals surface area contributed by atoms with Gasteiger partial charge in [0.15, 0.2) is 0 Å². The van der Waals surface area contributed by atoms with Crippen LogP contribution in [0, 0.1) is 0 Å². The molecular weight excluding hydrogens is 160 g/mol. The molecule has 0 saturated carbocycles. The largest absolute Gasteiger partial charge is 0.478 e. The summed E-state index contributed by atoms with van der Waals surface area (Å²) in [5.41, 5.74) is -0.0135. The number of carbonyl (C=O) groups is 2. The highest BCUT2D eigenvalue weighted by Gasteiger charge is 2.05. The van der Waals surface area contributed by atoms with E-state index in [9.17, 15) is 9.59 Å². The first-order valence-electron chi connectivity index (χ1n) is 3.30. The minimum absolute atomic E-state index is 0.00509. The Hall–Kier alpha value is -1.58. The van der Waals surface area contributed by atoms with E-state index in [2.05, 4.69) is 0 Å². The van der Waals surface area contributed by atoms with Gasteiger partial charge in [-0.1, -0.05) is 6.08 Å². The third-order valence-electron chi connectivity index (χ3n) is 1.27. The fraction of sp³-hybridized carbons (Fsp3) is 0.250. The molecule has 0 aromatic heterocycles. The molecule has 0 aliphatic rings. The number of carboxylic acid groups (broad SMARTS) is 2. The fourth-order valence-electron chi connectivity index (χ4n) is 0.564. The molecule has 0 spiro atoms. The van der Waals surface area contributed by atoms with Crippen LogP contribution < -0.4 is 0 Å². The SMILES string of the molecule is CC=C(C=C(C)C(=O)O)C(=O)O. The van der Waals surface area contributed by atoms with Gasteiger partial charge in [0.05, 0.1) is 5.57 Å². The summed E-state index contributed by atoms with van der Waals surface area (Å²) >= 11 is 0. The van der Waals surface area contributed by atoms with Gasteiger partial charge in [0.25, 0.3) is 0 Å². The summed E-state index contributed by atoms with van der Waals surface area (Å²) in [5.74, 6) is -2.24. The molecule has 0 amide bonds. The zero-order valence-electron chi connectivity index (χ0n) is 6.87. The van der Waals surface area contributed by atoms with Gasteiger partial charge < -0.3 is 10.2 Å². The molecule has 12 heavy (non-hydrogen) atoms. The van der Waals surface area contributed by atoms with Gasteiger partial charge in [0.2, 0.25) is 0 Å². The zero-order valence-corrected chi connectivity index (χ0v) is 6.87. The Morgan fingerprint density at radius 2 is 1.67 bits per heavy atom. The van der Waals surface area contributed by atoms with Crippen LogP contribution in [0.15, 0.2) is 23.3 Å². The Kier molecular flexibility index (Phi) is 3.76. The van der Waals surface area contributed by atoms with Crippen LogP contribution in [0.1, 0.15) is 13.8 Å².